The molecule has 0 saturated carbocycles. The van der Waals surface area contributed by atoms with Crippen LogP contribution in [0.2, 0.25) is 0 Å². The van der Waals surface area contributed by atoms with Crippen molar-refractivity contribution in [3.8, 4) is 0 Å². The SMILES string of the molecule is CC[C@H]1CN(C(C)C)CCN1CC1CCN(C(C)C)CC1. The molecule has 2 heterocycles. The fourth-order valence-electron chi connectivity index (χ4n) is 4.00. The molecule has 0 radical (unpaired) electrons. The van der Waals surface area contributed by atoms with E-state index in [0.717, 1.165) is 18.0 Å². The first-order valence-electron chi connectivity index (χ1n) is 9.23. The van der Waals surface area contributed by atoms with Crippen molar-refractivity contribution in [2.45, 2.75) is 72.0 Å². The number of likely N-dealkylation sites (tertiary alicyclic amines) is 1. The van der Waals surface area contributed by atoms with Crippen molar-refractivity contribution in [2.24, 2.45) is 5.92 Å². The number of rotatable bonds is 5. The number of piperazine rings is 1. The van der Waals surface area contributed by atoms with Crippen molar-refractivity contribution in [2.75, 3.05) is 39.3 Å². The second-order valence-electron chi connectivity index (χ2n) is 7.72. The summed E-state index contributed by atoms with van der Waals surface area (Å²) >= 11 is 0. The van der Waals surface area contributed by atoms with Crippen LogP contribution in [0.4, 0.5) is 0 Å². The second kappa shape index (κ2) is 7.94. The quantitative estimate of drug-likeness (QED) is 0.772. The fourth-order valence-corrected chi connectivity index (χ4v) is 4.00. The van der Waals surface area contributed by atoms with Crippen LogP contribution in [-0.4, -0.2) is 72.1 Å². The molecule has 0 amide bonds. The molecule has 2 aliphatic rings. The molecule has 0 aliphatic carbocycles. The zero-order chi connectivity index (χ0) is 15.4. The van der Waals surface area contributed by atoms with E-state index in [1.165, 1.54) is 58.5 Å². The van der Waals surface area contributed by atoms with Crippen molar-refractivity contribution in [3.05, 3.63) is 0 Å². The third kappa shape index (κ3) is 4.67. The predicted molar refractivity (Wildman–Crippen MR) is 91.8 cm³/mol. The highest BCUT2D eigenvalue weighted by Gasteiger charge is 2.30. The van der Waals surface area contributed by atoms with Crippen LogP contribution in [0.1, 0.15) is 53.9 Å². The summed E-state index contributed by atoms with van der Waals surface area (Å²) in [7, 11) is 0. The molecule has 0 aromatic carbocycles. The van der Waals surface area contributed by atoms with Gasteiger partial charge in [-0.25, -0.2) is 0 Å². The van der Waals surface area contributed by atoms with Gasteiger partial charge in [0.2, 0.25) is 0 Å². The number of piperidine rings is 1. The van der Waals surface area contributed by atoms with Crippen molar-refractivity contribution < 1.29 is 0 Å². The van der Waals surface area contributed by atoms with Gasteiger partial charge in [-0.1, -0.05) is 6.92 Å². The van der Waals surface area contributed by atoms with Crippen LogP contribution < -0.4 is 0 Å². The van der Waals surface area contributed by atoms with Gasteiger partial charge in [-0.05, 0) is 66.0 Å². The van der Waals surface area contributed by atoms with Crippen molar-refractivity contribution >= 4 is 0 Å². The second-order valence-corrected chi connectivity index (χ2v) is 7.72. The van der Waals surface area contributed by atoms with Gasteiger partial charge in [0.25, 0.3) is 0 Å². The standard InChI is InChI=1S/C18H37N3/c1-6-18-14-20(16(4)5)11-12-21(18)13-17-7-9-19(10-8-17)15(2)3/h15-18H,6-14H2,1-5H3/t18-/m0/s1. The summed E-state index contributed by atoms with van der Waals surface area (Å²) in [6.45, 7) is 19.5. The maximum Gasteiger partial charge on any atom is 0.0221 e. The van der Waals surface area contributed by atoms with Gasteiger partial charge < -0.3 is 4.90 Å². The number of nitrogens with zero attached hydrogens (tertiary/aromatic N) is 3. The average Bonchev–Trinajstić information content (AvgIpc) is 2.48. The van der Waals surface area contributed by atoms with Crippen molar-refractivity contribution in [3.63, 3.8) is 0 Å². The lowest BCUT2D eigenvalue weighted by Gasteiger charge is -2.45. The van der Waals surface area contributed by atoms with E-state index in [9.17, 15) is 0 Å². The lowest BCUT2D eigenvalue weighted by Crippen LogP contribution is -2.56. The molecule has 0 bridgehead atoms. The Bertz CT molecular complexity index is 295. The first kappa shape index (κ1) is 17.2. The molecule has 21 heavy (non-hydrogen) atoms. The van der Waals surface area contributed by atoms with E-state index in [4.69, 9.17) is 0 Å². The summed E-state index contributed by atoms with van der Waals surface area (Å²) in [5.74, 6) is 0.930. The van der Waals surface area contributed by atoms with Gasteiger partial charge in [-0.2, -0.15) is 0 Å². The van der Waals surface area contributed by atoms with Gasteiger partial charge in [0.05, 0.1) is 0 Å². The fraction of sp³-hybridized carbons (Fsp3) is 1.00. The van der Waals surface area contributed by atoms with E-state index >= 15 is 0 Å². The van der Waals surface area contributed by atoms with Gasteiger partial charge >= 0.3 is 0 Å². The van der Waals surface area contributed by atoms with Crippen LogP contribution in [0, 0.1) is 5.92 Å². The Morgan fingerprint density at radius 1 is 0.857 bits per heavy atom. The molecule has 0 N–H and O–H groups in total. The average molecular weight is 296 g/mol. The van der Waals surface area contributed by atoms with E-state index < -0.39 is 0 Å². The van der Waals surface area contributed by atoms with Crippen LogP contribution in [0.25, 0.3) is 0 Å². The minimum Gasteiger partial charge on any atom is -0.301 e. The smallest absolute Gasteiger partial charge is 0.0221 e. The van der Waals surface area contributed by atoms with E-state index in [-0.39, 0.29) is 0 Å². The summed E-state index contributed by atoms with van der Waals surface area (Å²) in [5, 5.41) is 0. The Balaban J connectivity index is 1.80. The normalized spacial score (nSPS) is 27.9. The molecule has 0 unspecified atom stereocenters. The van der Waals surface area contributed by atoms with Gasteiger partial charge in [0.15, 0.2) is 0 Å². The predicted octanol–water partition coefficient (Wildman–Crippen LogP) is 2.91. The van der Waals surface area contributed by atoms with Crippen LogP contribution >= 0.6 is 0 Å². The highest BCUT2D eigenvalue weighted by Crippen LogP contribution is 2.23. The third-order valence-electron chi connectivity index (χ3n) is 5.71. The van der Waals surface area contributed by atoms with Gasteiger partial charge in [-0.3, -0.25) is 9.80 Å². The molecule has 2 saturated heterocycles. The monoisotopic (exact) mass is 295 g/mol. The van der Waals surface area contributed by atoms with Crippen LogP contribution in [0.15, 0.2) is 0 Å². The van der Waals surface area contributed by atoms with Gasteiger partial charge in [0.1, 0.15) is 0 Å². The lowest BCUT2D eigenvalue weighted by atomic mass is 9.94. The Morgan fingerprint density at radius 2 is 1.48 bits per heavy atom. The highest BCUT2D eigenvalue weighted by molar-refractivity contribution is 4.85. The van der Waals surface area contributed by atoms with Crippen LogP contribution in [0.5, 0.6) is 0 Å². The molecular formula is C18H37N3. The topological polar surface area (TPSA) is 9.72 Å². The molecule has 0 aromatic heterocycles. The first-order chi connectivity index (χ1) is 10.0. The first-order valence-corrected chi connectivity index (χ1v) is 9.23. The van der Waals surface area contributed by atoms with E-state index in [1.54, 1.807) is 0 Å². The Hall–Kier alpha value is -0.120. The van der Waals surface area contributed by atoms with E-state index in [0.29, 0.717) is 6.04 Å². The van der Waals surface area contributed by atoms with E-state index in [1.807, 2.05) is 0 Å². The van der Waals surface area contributed by atoms with Crippen LogP contribution in [-0.2, 0) is 0 Å². The molecule has 3 nitrogen and oxygen atoms in total. The molecule has 0 aromatic rings. The molecule has 1 atom stereocenters. The zero-order valence-corrected chi connectivity index (χ0v) is 15.0. The molecule has 2 aliphatic heterocycles. The zero-order valence-electron chi connectivity index (χ0n) is 15.0. The number of hydrogen-bond acceptors (Lipinski definition) is 3. The summed E-state index contributed by atoms with van der Waals surface area (Å²) < 4.78 is 0. The molecule has 3 heteroatoms. The minimum absolute atomic E-state index is 0.704. The number of hydrogen-bond donors (Lipinski definition) is 0. The molecule has 124 valence electrons. The molecule has 2 fully saturated rings. The summed E-state index contributed by atoms with van der Waals surface area (Å²) in [6, 6.07) is 2.21. The summed E-state index contributed by atoms with van der Waals surface area (Å²) in [4.78, 5) is 8.10. The molecule has 2 rings (SSSR count). The lowest BCUT2D eigenvalue weighted by molar-refractivity contribution is 0.0325. The maximum atomic E-state index is 2.80. The van der Waals surface area contributed by atoms with E-state index in [2.05, 4.69) is 49.3 Å². The summed E-state index contributed by atoms with van der Waals surface area (Å²) in [5.41, 5.74) is 0. The largest absolute Gasteiger partial charge is 0.301 e. The Morgan fingerprint density at radius 3 is 2.00 bits per heavy atom. The van der Waals surface area contributed by atoms with Gasteiger partial charge in [0, 0.05) is 44.3 Å². The highest BCUT2D eigenvalue weighted by atomic mass is 15.3. The maximum absolute atomic E-state index is 2.80. The molecular weight excluding hydrogens is 258 g/mol. The van der Waals surface area contributed by atoms with Crippen LogP contribution in [0.3, 0.4) is 0 Å². The molecule has 0 spiro atoms. The Labute approximate surface area is 132 Å². The summed E-state index contributed by atoms with van der Waals surface area (Å²) in [6.07, 6.45) is 4.10. The van der Waals surface area contributed by atoms with Crippen molar-refractivity contribution in [1.29, 1.82) is 0 Å². The minimum atomic E-state index is 0.704. The third-order valence-corrected chi connectivity index (χ3v) is 5.71. The Kier molecular flexibility index (Phi) is 6.51. The van der Waals surface area contributed by atoms with Crippen molar-refractivity contribution in [1.82, 2.24) is 14.7 Å². The van der Waals surface area contributed by atoms with Gasteiger partial charge in [-0.15, -0.1) is 0 Å².